The van der Waals surface area contributed by atoms with Crippen molar-refractivity contribution in [1.29, 1.82) is 0 Å². The lowest BCUT2D eigenvalue weighted by Crippen LogP contribution is -2.37. The fraction of sp³-hybridized carbons (Fsp3) is 0.692. The van der Waals surface area contributed by atoms with E-state index in [1.54, 1.807) is 0 Å². The molecule has 0 saturated heterocycles. The van der Waals surface area contributed by atoms with Crippen LogP contribution in [0.4, 0.5) is 5.13 Å². The zero-order chi connectivity index (χ0) is 16.9. The molecular weight excluding hydrogens is 338 g/mol. The molecule has 0 aliphatic heterocycles. The van der Waals surface area contributed by atoms with Crippen molar-refractivity contribution in [3.05, 3.63) is 0 Å². The van der Waals surface area contributed by atoms with Crippen molar-refractivity contribution < 1.29 is 14.3 Å². The largest absolute Gasteiger partial charge is 0.382 e. The first kappa shape index (κ1) is 19.7. The molecule has 0 saturated carbocycles. The third-order valence-electron chi connectivity index (χ3n) is 2.50. The standard InChI is InChI=1S/C13H23N5O3S2/c1-3-14-10(19)8-16-11(20)9-22-13-18-17-12(23-13)15-6-5-7-21-4-2/h3-9H2,1-2H3,(H,14,19)(H,15,17)(H,16,20). The molecular formula is C13H23N5O3S2. The third-order valence-corrected chi connectivity index (χ3v) is 4.51. The Morgan fingerprint density at radius 1 is 1.22 bits per heavy atom. The Bertz CT molecular complexity index is 484. The normalized spacial score (nSPS) is 10.3. The lowest BCUT2D eigenvalue weighted by molar-refractivity contribution is -0.124. The molecule has 1 aromatic rings. The Morgan fingerprint density at radius 3 is 2.78 bits per heavy atom. The fourth-order valence-electron chi connectivity index (χ4n) is 1.47. The van der Waals surface area contributed by atoms with Gasteiger partial charge in [-0.25, -0.2) is 0 Å². The van der Waals surface area contributed by atoms with Gasteiger partial charge in [-0.2, -0.15) is 0 Å². The van der Waals surface area contributed by atoms with Crippen LogP contribution in [0.5, 0.6) is 0 Å². The van der Waals surface area contributed by atoms with Gasteiger partial charge in [0, 0.05) is 26.3 Å². The van der Waals surface area contributed by atoms with Crippen LogP contribution in [0.1, 0.15) is 20.3 Å². The lowest BCUT2D eigenvalue weighted by atomic mass is 10.4. The zero-order valence-electron chi connectivity index (χ0n) is 13.4. The first-order valence-corrected chi connectivity index (χ1v) is 9.27. The molecule has 0 aromatic carbocycles. The van der Waals surface area contributed by atoms with Gasteiger partial charge in [-0.05, 0) is 20.3 Å². The number of carbonyl (C=O) groups excluding carboxylic acids is 2. The van der Waals surface area contributed by atoms with Crippen molar-refractivity contribution in [2.75, 3.05) is 43.9 Å². The molecule has 0 atom stereocenters. The maximum atomic E-state index is 11.6. The van der Waals surface area contributed by atoms with E-state index in [9.17, 15) is 9.59 Å². The summed E-state index contributed by atoms with van der Waals surface area (Å²) < 4.78 is 5.96. The molecule has 130 valence electrons. The van der Waals surface area contributed by atoms with Gasteiger partial charge in [0.25, 0.3) is 0 Å². The molecule has 0 radical (unpaired) electrons. The van der Waals surface area contributed by atoms with E-state index in [4.69, 9.17) is 4.74 Å². The second kappa shape index (κ2) is 12.1. The van der Waals surface area contributed by atoms with Crippen molar-refractivity contribution in [3.8, 4) is 0 Å². The quantitative estimate of drug-likeness (QED) is 0.372. The van der Waals surface area contributed by atoms with Crippen LogP contribution in [0.15, 0.2) is 4.34 Å². The number of anilines is 1. The number of hydrogen-bond donors (Lipinski definition) is 3. The van der Waals surface area contributed by atoms with Crippen LogP contribution in [0.3, 0.4) is 0 Å². The van der Waals surface area contributed by atoms with Gasteiger partial charge in [0.2, 0.25) is 16.9 Å². The number of carbonyl (C=O) groups is 2. The summed E-state index contributed by atoms with van der Waals surface area (Å²) in [7, 11) is 0. The first-order chi connectivity index (χ1) is 11.2. The predicted octanol–water partition coefficient (Wildman–Crippen LogP) is 0.721. The van der Waals surface area contributed by atoms with E-state index >= 15 is 0 Å². The van der Waals surface area contributed by atoms with Crippen molar-refractivity contribution in [3.63, 3.8) is 0 Å². The number of nitrogens with zero attached hydrogens (tertiary/aromatic N) is 2. The van der Waals surface area contributed by atoms with Gasteiger partial charge in [0.15, 0.2) is 4.34 Å². The van der Waals surface area contributed by atoms with Crippen molar-refractivity contribution >= 4 is 40.0 Å². The van der Waals surface area contributed by atoms with Gasteiger partial charge in [-0.1, -0.05) is 23.1 Å². The highest BCUT2D eigenvalue weighted by Gasteiger charge is 2.09. The highest BCUT2D eigenvalue weighted by molar-refractivity contribution is 8.01. The molecule has 0 unspecified atom stereocenters. The van der Waals surface area contributed by atoms with Gasteiger partial charge < -0.3 is 20.7 Å². The minimum Gasteiger partial charge on any atom is -0.382 e. The molecule has 1 heterocycles. The summed E-state index contributed by atoms with van der Waals surface area (Å²) in [6, 6.07) is 0. The fourth-order valence-corrected chi connectivity index (χ4v) is 3.08. The van der Waals surface area contributed by atoms with Crippen LogP contribution >= 0.6 is 23.1 Å². The molecule has 3 N–H and O–H groups in total. The van der Waals surface area contributed by atoms with Crippen LogP contribution in [-0.4, -0.2) is 60.6 Å². The first-order valence-electron chi connectivity index (χ1n) is 7.47. The van der Waals surface area contributed by atoms with E-state index in [2.05, 4.69) is 26.1 Å². The van der Waals surface area contributed by atoms with Crippen molar-refractivity contribution in [2.45, 2.75) is 24.6 Å². The summed E-state index contributed by atoms with van der Waals surface area (Å²) in [4.78, 5) is 22.8. The molecule has 8 nitrogen and oxygen atoms in total. The third kappa shape index (κ3) is 9.36. The van der Waals surface area contributed by atoms with Crippen LogP contribution in [0.25, 0.3) is 0 Å². The van der Waals surface area contributed by atoms with Crippen molar-refractivity contribution in [1.82, 2.24) is 20.8 Å². The van der Waals surface area contributed by atoms with Gasteiger partial charge in [-0.3, -0.25) is 9.59 Å². The smallest absolute Gasteiger partial charge is 0.239 e. The second-order valence-electron chi connectivity index (χ2n) is 4.37. The second-order valence-corrected chi connectivity index (χ2v) is 6.57. The highest BCUT2D eigenvalue weighted by Crippen LogP contribution is 2.25. The van der Waals surface area contributed by atoms with Gasteiger partial charge in [-0.15, -0.1) is 10.2 Å². The van der Waals surface area contributed by atoms with E-state index in [0.717, 1.165) is 31.3 Å². The SMILES string of the molecule is CCNC(=O)CNC(=O)CSc1nnc(NCCCOCC)s1. The summed E-state index contributed by atoms with van der Waals surface area (Å²) in [5.41, 5.74) is 0. The maximum Gasteiger partial charge on any atom is 0.239 e. The number of aromatic nitrogens is 2. The Hall–Kier alpha value is -1.39. The monoisotopic (exact) mass is 361 g/mol. The molecule has 10 heteroatoms. The number of likely N-dealkylation sites (N-methyl/N-ethyl adjacent to an activating group) is 1. The zero-order valence-corrected chi connectivity index (χ0v) is 15.0. The Balaban J connectivity index is 2.17. The molecule has 0 aliphatic carbocycles. The van der Waals surface area contributed by atoms with Gasteiger partial charge >= 0.3 is 0 Å². The number of nitrogens with one attached hydrogen (secondary N) is 3. The summed E-state index contributed by atoms with van der Waals surface area (Å²) in [5.74, 6) is -0.193. The molecule has 0 spiro atoms. The Labute approximate surface area is 144 Å². The summed E-state index contributed by atoms with van der Waals surface area (Å²) in [6.45, 7) is 6.55. The van der Waals surface area contributed by atoms with E-state index in [0.29, 0.717) is 10.9 Å². The molecule has 2 amide bonds. The Kier molecular flexibility index (Phi) is 10.3. The summed E-state index contributed by atoms with van der Waals surface area (Å²) in [5, 5.41) is 17.1. The molecule has 23 heavy (non-hydrogen) atoms. The van der Waals surface area contributed by atoms with Crippen molar-refractivity contribution in [2.24, 2.45) is 0 Å². The van der Waals surface area contributed by atoms with Gasteiger partial charge in [0.05, 0.1) is 12.3 Å². The molecule has 1 aromatic heterocycles. The van der Waals surface area contributed by atoms with Crippen LogP contribution in [0, 0.1) is 0 Å². The van der Waals surface area contributed by atoms with Crippen LogP contribution in [0.2, 0.25) is 0 Å². The number of hydrogen-bond acceptors (Lipinski definition) is 8. The molecule has 0 aliphatic rings. The van der Waals surface area contributed by atoms with Crippen LogP contribution < -0.4 is 16.0 Å². The van der Waals surface area contributed by atoms with Gasteiger partial charge in [0.1, 0.15) is 0 Å². The maximum absolute atomic E-state index is 11.6. The van der Waals surface area contributed by atoms with Crippen LogP contribution in [-0.2, 0) is 14.3 Å². The molecule has 0 fully saturated rings. The van der Waals surface area contributed by atoms with E-state index < -0.39 is 0 Å². The van der Waals surface area contributed by atoms with E-state index in [1.807, 2.05) is 13.8 Å². The lowest BCUT2D eigenvalue weighted by Gasteiger charge is -2.04. The topological polar surface area (TPSA) is 105 Å². The number of amides is 2. The minimum atomic E-state index is -0.206. The highest BCUT2D eigenvalue weighted by atomic mass is 32.2. The molecule has 0 bridgehead atoms. The van der Waals surface area contributed by atoms with E-state index in [-0.39, 0.29) is 24.1 Å². The average Bonchev–Trinajstić information content (AvgIpc) is 2.99. The average molecular weight is 361 g/mol. The molecule has 1 rings (SSSR count). The summed E-state index contributed by atoms with van der Waals surface area (Å²) >= 11 is 2.70. The van der Waals surface area contributed by atoms with E-state index in [1.165, 1.54) is 23.1 Å². The number of ether oxygens (including phenoxy) is 1. The Morgan fingerprint density at radius 2 is 2.04 bits per heavy atom. The minimum absolute atomic E-state index is 0.00398. The number of thioether (sulfide) groups is 1. The number of rotatable bonds is 12. The summed E-state index contributed by atoms with van der Waals surface area (Å²) in [6.07, 6.45) is 0.901. The predicted molar refractivity (Wildman–Crippen MR) is 91.9 cm³/mol.